The standard InChI is InChI=1S/C27H25F2NO3/c1-15-4-6-19-22(25(15)27(28)29)12-16(2)20(14-24(31)32)26(19)18-5-7-23-21(13-18)17(8-10-30-3)9-11-33-23/h4-8,10,12-13,27H,9,11,14H2,1-3H3,(H,31,32)/b17-8-,30-10-. The fraction of sp³-hybridized carbons (Fsp3) is 0.259. The molecule has 3 aromatic rings. The molecule has 0 atom stereocenters. The van der Waals surface area contributed by atoms with Gasteiger partial charge >= 0.3 is 5.97 Å². The molecule has 0 bridgehead atoms. The second-order valence-electron chi connectivity index (χ2n) is 8.22. The van der Waals surface area contributed by atoms with Crippen molar-refractivity contribution in [3.8, 4) is 16.9 Å². The number of rotatable bonds is 5. The summed E-state index contributed by atoms with van der Waals surface area (Å²) in [5, 5.41) is 10.7. The number of aliphatic imine (C=N–C) groups is 1. The Labute approximate surface area is 191 Å². The molecular weight excluding hydrogens is 424 g/mol. The molecule has 0 fully saturated rings. The Kier molecular flexibility index (Phi) is 6.27. The minimum atomic E-state index is -2.63. The van der Waals surface area contributed by atoms with Gasteiger partial charge in [0.05, 0.1) is 13.0 Å². The lowest BCUT2D eigenvalue weighted by molar-refractivity contribution is -0.136. The van der Waals surface area contributed by atoms with Crippen molar-refractivity contribution in [2.75, 3.05) is 13.7 Å². The maximum Gasteiger partial charge on any atom is 0.307 e. The third-order valence-electron chi connectivity index (χ3n) is 6.13. The SMILES string of the molecule is C/N=C\C=C1\CCOc2ccc(-c3c(CC(=O)O)c(C)cc4c(C(F)F)c(C)ccc34)cc21. The van der Waals surface area contributed by atoms with E-state index in [0.717, 1.165) is 22.4 Å². The van der Waals surface area contributed by atoms with Crippen LogP contribution in [0, 0.1) is 13.8 Å². The van der Waals surface area contributed by atoms with Gasteiger partial charge < -0.3 is 9.84 Å². The van der Waals surface area contributed by atoms with Gasteiger partial charge in [0.2, 0.25) is 0 Å². The first kappa shape index (κ1) is 22.6. The van der Waals surface area contributed by atoms with Crippen LogP contribution in [0.25, 0.3) is 27.5 Å². The number of carboxylic acids is 1. The first-order valence-corrected chi connectivity index (χ1v) is 10.8. The van der Waals surface area contributed by atoms with Crippen LogP contribution >= 0.6 is 0 Å². The molecule has 170 valence electrons. The van der Waals surface area contributed by atoms with E-state index in [2.05, 4.69) is 4.99 Å². The Hall–Kier alpha value is -3.54. The van der Waals surface area contributed by atoms with E-state index in [0.29, 0.717) is 46.1 Å². The van der Waals surface area contributed by atoms with Crippen LogP contribution in [0.1, 0.15) is 40.7 Å². The van der Waals surface area contributed by atoms with Crippen molar-refractivity contribution in [1.29, 1.82) is 0 Å². The molecule has 0 saturated heterocycles. The summed E-state index contributed by atoms with van der Waals surface area (Å²) in [6.07, 6.45) is 1.55. The normalized spacial score (nSPS) is 14.8. The largest absolute Gasteiger partial charge is 0.493 e. The average molecular weight is 449 g/mol. The molecule has 0 aliphatic carbocycles. The van der Waals surface area contributed by atoms with Crippen molar-refractivity contribution in [3.63, 3.8) is 0 Å². The number of fused-ring (bicyclic) bond motifs is 2. The lowest BCUT2D eigenvalue weighted by atomic mass is 9.85. The van der Waals surface area contributed by atoms with Gasteiger partial charge in [-0.15, -0.1) is 0 Å². The Morgan fingerprint density at radius 2 is 1.94 bits per heavy atom. The minimum absolute atomic E-state index is 0.0141. The Bertz CT molecular complexity index is 1310. The van der Waals surface area contributed by atoms with Crippen LogP contribution in [0.3, 0.4) is 0 Å². The Balaban J connectivity index is 2.06. The molecule has 0 spiro atoms. The zero-order valence-electron chi connectivity index (χ0n) is 18.8. The van der Waals surface area contributed by atoms with E-state index in [1.807, 2.05) is 30.3 Å². The summed E-state index contributed by atoms with van der Waals surface area (Å²) in [4.78, 5) is 15.7. The van der Waals surface area contributed by atoms with E-state index in [9.17, 15) is 18.7 Å². The van der Waals surface area contributed by atoms with E-state index in [4.69, 9.17) is 4.74 Å². The van der Waals surface area contributed by atoms with E-state index >= 15 is 0 Å². The molecular formula is C27H25F2NO3. The quantitative estimate of drug-likeness (QED) is 0.449. The van der Waals surface area contributed by atoms with E-state index in [1.54, 1.807) is 39.2 Å². The van der Waals surface area contributed by atoms with Crippen molar-refractivity contribution in [2.45, 2.75) is 33.1 Å². The van der Waals surface area contributed by atoms with Gasteiger partial charge in [-0.3, -0.25) is 9.79 Å². The lowest BCUT2D eigenvalue weighted by Gasteiger charge is -2.23. The molecule has 33 heavy (non-hydrogen) atoms. The molecule has 1 aliphatic heterocycles. The zero-order valence-corrected chi connectivity index (χ0v) is 18.8. The van der Waals surface area contributed by atoms with Gasteiger partial charge in [0.25, 0.3) is 6.43 Å². The lowest BCUT2D eigenvalue weighted by Crippen LogP contribution is -2.09. The number of carbonyl (C=O) groups is 1. The monoisotopic (exact) mass is 449 g/mol. The third kappa shape index (κ3) is 4.25. The number of carboxylic acid groups (broad SMARTS) is 1. The van der Waals surface area contributed by atoms with E-state index < -0.39 is 12.4 Å². The minimum Gasteiger partial charge on any atom is -0.493 e. The highest BCUT2D eigenvalue weighted by Crippen LogP contribution is 2.42. The molecule has 1 aliphatic rings. The van der Waals surface area contributed by atoms with Crippen LogP contribution in [0.5, 0.6) is 5.75 Å². The predicted octanol–water partition coefficient (Wildman–Crippen LogP) is 6.55. The molecule has 0 saturated carbocycles. The Morgan fingerprint density at radius 3 is 2.64 bits per heavy atom. The highest BCUT2D eigenvalue weighted by Gasteiger charge is 2.23. The summed E-state index contributed by atoms with van der Waals surface area (Å²) in [6.45, 7) is 4.01. The number of hydrogen-bond acceptors (Lipinski definition) is 3. The zero-order chi connectivity index (χ0) is 23.7. The van der Waals surface area contributed by atoms with Crippen LogP contribution < -0.4 is 4.74 Å². The number of alkyl halides is 2. The first-order chi connectivity index (χ1) is 15.8. The summed E-state index contributed by atoms with van der Waals surface area (Å²) >= 11 is 0. The van der Waals surface area contributed by atoms with Gasteiger partial charge in [-0.25, -0.2) is 8.78 Å². The van der Waals surface area contributed by atoms with Gasteiger partial charge in [-0.05, 0) is 76.2 Å². The summed E-state index contributed by atoms with van der Waals surface area (Å²) in [6, 6.07) is 10.9. The molecule has 6 heteroatoms. The molecule has 4 rings (SSSR count). The number of nitrogens with zero attached hydrogens (tertiary/aromatic N) is 1. The number of allylic oxidation sites excluding steroid dienone is 1. The Morgan fingerprint density at radius 1 is 1.15 bits per heavy atom. The van der Waals surface area contributed by atoms with Crippen molar-refractivity contribution in [1.82, 2.24) is 0 Å². The van der Waals surface area contributed by atoms with Crippen LogP contribution in [-0.2, 0) is 11.2 Å². The summed E-state index contributed by atoms with van der Waals surface area (Å²) in [7, 11) is 1.70. The number of ether oxygens (including phenoxy) is 1. The molecule has 0 amide bonds. The van der Waals surface area contributed by atoms with Crippen molar-refractivity contribution < 1.29 is 23.4 Å². The highest BCUT2D eigenvalue weighted by atomic mass is 19.3. The fourth-order valence-corrected chi connectivity index (χ4v) is 4.59. The summed E-state index contributed by atoms with van der Waals surface area (Å²) in [5.41, 5.74) is 5.20. The molecule has 0 radical (unpaired) electrons. The molecule has 1 heterocycles. The van der Waals surface area contributed by atoms with Crippen molar-refractivity contribution in [2.24, 2.45) is 4.99 Å². The molecule has 0 unspecified atom stereocenters. The molecule has 1 N–H and O–H groups in total. The summed E-state index contributed by atoms with van der Waals surface area (Å²) in [5.74, 6) is -0.234. The van der Waals surface area contributed by atoms with Gasteiger partial charge in [0.15, 0.2) is 0 Å². The highest BCUT2D eigenvalue weighted by molar-refractivity contribution is 6.03. The van der Waals surface area contributed by atoms with Crippen molar-refractivity contribution in [3.05, 3.63) is 70.3 Å². The van der Waals surface area contributed by atoms with Gasteiger partial charge in [0, 0.05) is 30.8 Å². The van der Waals surface area contributed by atoms with Crippen LogP contribution in [-0.4, -0.2) is 30.9 Å². The van der Waals surface area contributed by atoms with Gasteiger partial charge in [-0.2, -0.15) is 0 Å². The van der Waals surface area contributed by atoms with E-state index in [1.165, 1.54) is 0 Å². The van der Waals surface area contributed by atoms with E-state index in [-0.39, 0.29) is 12.0 Å². The number of aryl methyl sites for hydroxylation is 2. The molecule has 4 nitrogen and oxygen atoms in total. The maximum absolute atomic E-state index is 14.0. The van der Waals surface area contributed by atoms with Crippen LogP contribution in [0.4, 0.5) is 8.78 Å². The molecule has 3 aromatic carbocycles. The molecule has 0 aromatic heterocycles. The number of benzene rings is 3. The van der Waals surface area contributed by atoms with Crippen molar-refractivity contribution >= 4 is 28.5 Å². The maximum atomic E-state index is 14.0. The first-order valence-electron chi connectivity index (χ1n) is 10.8. The van der Waals surface area contributed by atoms with Crippen LogP contribution in [0.15, 0.2) is 47.5 Å². The van der Waals surface area contributed by atoms with Gasteiger partial charge in [0.1, 0.15) is 5.75 Å². The fourth-order valence-electron chi connectivity index (χ4n) is 4.59. The summed E-state index contributed by atoms with van der Waals surface area (Å²) < 4.78 is 33.8. The number of aliphatic carboxylic acids is 1. The average Bonchev–Trinajstić information content (AvgIpc) is 2.77. The van der Waals surface area contributed by atoms with Gasteiger partial charge in [-0.1, -0.05) is 24.3 Å². The second kappa shape index (κ2) is 9.14. The third-order valence-corrected chi connectivity index (χ3v) is 6.13. The number of halogens is 2. The number of hydrogen-bond donors (Lipinski definition) is 1. The second-order valence-corrected chi connectivity index (χ2v) is 8.22. The predicted molar refractivity (Wildman–Crippen MR) is 128 cm³/mol. The van der Waals surface area contributed by atoms with Crippen LogP contribution in [0.2, 0.25) is 0 Å². The smallest absolute Gasteiger partial charge is 0.307 e. The topological polar surface area (TPSA) is 58.9 Å².